The molecule has 1 saturated heterocycles. The van der Waals surface area contributed by atoms with Crippen LogP contribution in [0.25, 0.3) is 0 Å². The summed E-state index contributed by atoms with van der Waals surface area (Å²) in [5.41, 5.74) is 10.5. The first-order valence-corrected chi connectivity index (χ1v) is 12.8. The highest BCUT2D eigenvalue weighted by atomic mass is 35.5. The lowest BCUT2D eigenvalue weighted by molar-refractivity contribution is -0.140. The lowest BCUT2D eigenvalue weighted by Crippen LogP contribution is -2.44. The molecule has 2 aromatic carbocycles. The van der Waals surface area contributed by atoms with Gasteiger partial charge in [0.1, 0.15) is 0 Å². The average Bonchev–Trinajstić information content (AvgIpc) is 3.05. The largest absolute Gasteiger partial charge is 0.337 e. The Morgan fingerprint density at radius 2 is 1.27 bits per heavy atom. The Morgan fingerprint density at radius 1 is 0.879 bits per heavy atom. The number of hydrogen-bond acceptors (Lipinski definition) is 1. The average molecular weight is 468 g/mol. The minimum Gasteiger partial charge on any atom is -0.337 e. The first kappa shape index (κ1) is 25.8. The van der Waals surface area contributed by atoms with Crippen molar-refractivity contribution in [2.45, 2.75) is 87.6 Å². The molecule has 3 heteroatoms. The van der Waals surface area contributed by atoms with E-state index in [2.05, 4.69) is 70.7 Å². The standard InChI is InChI=1S/C30H42ClNO/c1-19-10-21(3)26(22(4)11-19)15-30(16-27-23(5)12-20(2)13-24(27)6)14-25(17-31)32(18-30)28(33)29(7,8)9/h10-13,25H,14-18H2,1-9H3/t25-/m0/s1. The van der Waals surface area contributed by atoms with Crippen molar-refractivity contribution >= 4 is 17.5 Å². The van der Waals surface area contributed by atoms with Crippen LogP contribution in [0.5, 0.6) is 0 Å². The molecular formula is C30H42ClNO. The molecule has 0 bridgehead atoms. The SMILES string of the molecule is Cc1cc(C)c(CC2(Cc3c(C)cc(C)cc3C)C[C@@H](CCl)N(C(=O)C(C)(C)C)C2)c(C)c1. The van der Waals surface area contributed by atoms with Gasteiger partial charge in [-0.1, -0.05) is 56.2 Å². The third-order valence-electron chi connectivity index (χ3n) is 7.48. The molecule has 1 fully saturated rings. The number of halogens is 1. The van der Waals surface area contributed by atoms with Crippen LogP contribution in [0.4, 0.5) is 0 Å². The molecule has 2 nitrogen and oxygen atoms in total. The summed E-state index contributed by atoms with van der Waals surface area (Å²) in [6, 6.07) is 9.26. The van der Waals surface area contributed by atoms with E-state index in [9.17, 15) is 4.79 Å². The molecule has 0 aromatic heterocycles. The van der Waals surface area contributed by atoms with E-state index in [0.29, 0.717) is 5.88 Å². The second kappa shape index (κ2) is 9.45. The van der Waals surface area contributed by atoms with Crippen molar-refractivity contribution in [2.75, 3.05) is 12.4 Å². The van der Waals surface area contributed by atoms with Gasteiger partial charge in [0, 0.05) is 23.9 Å². The Hall–Kier alpha value is -1.80. The third-order valence-corrected chi connectivity index (χ3v) is 7.84. The van der Waals surface area contributed by atoms with Crippen LogP contribution in [-0.2, 0) is 17.6 Å². The summed E-state index contributed by atoms with van der Waals surface area (Å²) in [7, 11) is 0. The first-order valence-electron chi connectivity index (χ1n) is 12.3. The molecule has 0 aliphatic carbocycles. The first-order chi connectivity index (χ1) is 15.3. The molecule has 1 heterocycles. The van der Waals surface area contributed by atoms with Crippen molar-refractivity contribution in [1.29, 1.82) is 0 Å². The molecule has 0 radical (unpaired) electrons. The monoisotopic (exact) mass is 467 g/mol. The highest BCUT2D eigenvalue weighted by molar-refractivity contribution is 6.18. The van der Waals surface area contributed by atoms with Crippen molar-refractivity contribution in [3.05, 3.63) is 68.8 Å². The smallest absolute Gasteiger partial charge is 0.228 e. The number of carbonyl (C=O) groups is 1. The van der Waals surface area contributed by atoms with Crippen LogP contribution in [0.1, 0.15) is 71.7 Å². The van der Waals surface area contributed by atoms with Crippen LogP contribution < -0.4 is 0 Å². The molecule has 1 amide bonds. The Kier molecular flexibility index (Phi) is 7.39. The van der Waals surface area contributed by atoms with Crippen molar-refractivity contribution < 1.29 is 4.79 Å². The lowest BCUT2D eigenvalue weighted by Gasteiger charge is -2.34. The second-order valence-electron chi connectivity index (χ2n) is 11.8. The second-order valence-corrected chi connectivity index (χ2v) is 12.1. The predicted octanol–water partition coefficient (Wildman–Crippen LogP) is 7.19. The van der Waals surface area contributed by atoms with E-state index in [4.69, 9.17) is 11.6 Å². The van der Waals surface area contributed by atoms with Gasteiger partial charge in [-0.3, -0.25) is 4.79 Å². The van der Waals surface area contributed by atoms with E-state index in [-0.39, 0.29) is 17.4 Å². The number of benzene rings is 2. The van der Waals surface area contributed by atoms with Crippen LogP contribution in [-0.4, -0.2) is 29.3 Å². The van der Waals surface area contributed by atoms with Gasteiger partial charge in [0.2, 0.25) is 5.91 Å². The van der Waals surface area contributed by atoms with Gasteiger partial charge >= 0.3 is 0 Å². The summed E-state index contributed by atoms with van der Waals surface area (Å²) in [4.78, 5) is 15.6. The van der Waals surface area contributed by atoms with Crippen molar-refractivity contribution in [3.63, 3.8) is 0 Å². The summed E-state index contributed by atoms with van der Waals surface area (Å²) in [5.74, 6) is 0.700. The minimum atomic E-state index is -0.411. The number of nitrogens with zero attached hydrogens (tertiary/aromatic N) is 1. The zero-order chi connectivity index (χ0) is 24.7. The fraction of sp³-hybridized carbons (Fsp3) is 0.567. The number of aryl methyl sites for hydroxylation is 6. The molecule has 0 N–H and O–H groups in total. The zero-order valence-electron chi connectivity index (χ0n) is 22.2. The van der Waals surface area contributed by atoms with Crippen LogP contribution in [0, 0.1) is 52.4 Å². The Balaban J connectivity index is 2.11. The Bertz CT molecular complexity index is 940. The van der Waals surface area contributed by atoms with E-state index in [1.165, 1.54) is 44.5 Å². The molecule has 1 aliphatic rings. The molecular weight excluding hydrogens is 426 g/mol. The molecule has 2 aromatic rings. The quantitative estimate of drug-likeness (QED) is 0.426. The highest BCUT2D eigenvalue weighted by Gasteiger charge is 2.48. The molecule has 3 rings (SSSR count). The van der Waals surface area contributed by atoms with Crippen molar-refractivity contribution in [3.8, 4) is 0 Å². The highest BCUT2D eigenvalue weighted by Crippen LogP contribution is 2.44. The van der Waals surface area contributed by atoms with E-state index in [1.807, 2.05) is 20.8 Å². The maximum atomic E-state index is 13.5. The van der Waals surface area contributed by atoms with Crippen LogP contribution >= 0.6 is 11.6 Å². The van der Waals surface area contributed by atoms with Crippen LogP contribution in [0.15, 0.2) is 24.3 Å². The van der Waals surface area contributed by atoms with E-state index in [0.717, 1.165) is 25.8 Å². The summed E-state index contributed by atoms with van der Waals surface area (Å²) in [6.45, 7) is 20.1. The normalized spacial score (nSPS) is 18.1. The van der Waals surface area contributed by atoms with Gasteiger partial charge in [-0.2, -0.15) is 0 Å². The minimum absolute atomic E-state index is 0.0317. The molecule has 0 spiro atoms. The van der Waals surface area contributed by atoms with Gasteiger partial charge in [0.25, 0.3) is 0 Å². The van der Waals surface area contributed by atoms with Crippen molar-refractivity contribution in [1.82, 2.24) is 4.90 Å². The summed E-state index contributed by atoms with van der Waals surface area (Å²) in [5, 5.41) is 0. The number of hydrogen-bond donors (Lipinski definition) is 0. The number of rotatable bonds is 5. The Labute approximate surface area is 206 Å². The van der Waals surface area contributed by atoms with E-state index >= 15 is 0 Å². The molecule has 0 saturated carbocycles. The maximum absolute atomic E-state index is 13.5. The topological polar surface area (TPSA) is 20.3 Å². The summed E-state index contributed by atoms with van der Waals surface area (Å²) < 4.78 is 0. The van der Waals surface area contributed by atoms with Gasteiger partial charge < -0.3 is 4.90 Å². The van der Waals surface area contributed by atoms with Gasteiger partial charge in [-0.25, -0.2) is 0 Å². The van der Waals surface area contributed by atoms with Crippen molar-refractivity contribution in [2.24, 2.45) is 10.8 Å². The van der Waals surface area contributed by atoms with Gasteiger partial charge in [-0.15, -0.1) is 11.6 Å². The van der Waals surface area contributed by atoms with Gasteiger partial charge in [0.05, 0.1) is 0 Å². The molecule has 1 atom stereocenters. The number of carbonyl (C=O) groups excluding carboxylic acids is 1. The van der Waals surface area contributed by atoms with Crippen LogP contribution in [0.3, 0.4) is 0 Å². The number of likely N-dealkylation sites (tertiary alicyclic amines) is 1. The van der Waals surface area contributed by atoms with Gasteiger partial charge in [0.15, 0.2) is 0 Å². The fourth-order valence-corrected chi connectivity index (χ4v) is 6.29. The number of alkyl halides is 1. The zero-order valence-corrected chi connectivity index (χ0v) is 22.9. The maximum Gasteiger partial charge on any atom is 0.228 e. The molecule has 0 unspecified atom stereocenters. The fourth-order valence-electron chi connectivity index (χ4n) is 6.02. The third kappa shape index (κ3) is 5.48. The van der Waals surface area contributed by atoms with Crippen LogP contribution in [0.2, 0.25) is 0 Å². The van der Waals surface area contributed by atoms with Gasteiger partial charge in [-0.05, 0) is 99.6 Å². The Morgan fingerprint density at radius 3 is 1.61 bits per heavy atom. The molecule has 180 valence electrons. The lowest BCUT2D eigenvalue weighted by atomic mass is 9.72. The number of amides is 1. The summed E-state index contributed by atoms with van der Waals surface area (Å²) in [6.07, 6.45) is 2.88. The molecule has 33 heavy (non-hydrogen) atoms. The summed E-state index contributed by atoms with van der Waals surface area (Å²) >= 11 is 6.50. The van der Waals surface area contributed by atoms with E-state index in [1.54, 1.807) is 0 Å². The predicted molar refractivity (Wildman–Crippen MR) is 141 cm³/mol. The molecule has 1 aliphatic heterocycles. The van der Waals surface area contributed by atoms with E-state index < -0.39 is 5.41 Å².